The van der Waals surface area contributed by atoms with Crippen molar-refractivity contribution in [1.29, 1.82) is 0 Å². The second kappa shape index (κ2) is 7.50. The summed E-state index contributed by atoms with van der Waals surface area (Å²) >= 11 is 0. The lowest BCUT2D eigenvalue weighted by atomic mass is 10.0. The maximum atomic E-state index is 12.5. The van der Waals surface area contributed by atoms with Crippen LogP contribution in [0.3, 0.4) is 0 Å². The van der Waals surface area contributed by atoms with Crippen molar-refractivity contribution in [3.05, 3.63) is 59.2 Å². The molecule has 2 aromatic rings. The van der Waals surface area contributed by atoms with E-state index in [4.69, 9.17) is 0 Å². The van der Waals surface area contributed by atoms with Crippen LogP contribution in [0.25, 0.3) is 0 Å². The van der Waals surface area contributed by atoms with Crippen molar-refractivity contribution in [2.24, 2.45) is 0 Å². The summed E-state index contributed by atoms with van der Waals surface area (Å²) in [5, 5.41) is 2.95. The zero-order chi connectivity index (χ0) is 19.5. The monoisotopic (exact) mass is 374 g/mol. The van der Waals surface area contributed by atoms with Crippen LogP contribution in [0.15, 0.2) is 47.4 Å². The lowest BCUT2D eigenvalue weighted by molar-refractivity contribution is 0.0911. The number of hydrogen-bond donors (Lipinski definition) is 2. The average molecular weight is 375 g/mol. The highest BCUT2D eigenvalue weighted by atomic mass is 32.2. The van der Waals surface area contributed by atoms with Gasteiger partial charge in [0.05, 0.1) is 4.90 Å². The fraction of sp³-hybridized carbons (Fsp3) is 0.350. The molecule has 0 radical (unpaired) electrons. The summed E-state index contributed by atoms with van der Waals surface area (Å²) in [6.07, 6.45) is 0.812. The topological polar surface area (TPSA) is 75.3 Å². The molecule has 2 rings (SSSR count). The maximum Gasteiger partial charge on any atom is 0.261 e. The largest absolute Gasteiger partial charge is 0.347 e. The van der Waals surface area contributed by atoms with E-state index in [1.165, 1.54) is 0 Å². The van der Waals surface area contributed by atoms with E-state index in [2.05, 4.69) is 10.0 Å². The van der Waals surface area contributed by atoms with E-state index in [9.17, 15) is 13.2 Å². The van der Waals surface area contributed by atoms with Gasteiger partial charge in [-0.25, -0.2) is 8.42 Å². The van der Waals surface area contributed by atoms with Crippen LogP contribution < -0.4 is 10.0 Å². The minimum Gasteiger partial charge on any atom is -0.347 e. The van der Waals surface area contributed by atoms with E-state index in [-0.39, 0.29) is 16.3 Å². The lowest BCUT2D eigenvalue weighted by Crippen LogP contribution is -2.42. The standard InChI is InChI=1S/C20H26N2O3S/c1-6-20(4,5)21-19(23)16-8-10-17(11-9-16)22-26(24,25)18-12-7-14(2)15(3)13-18/h7-13,22H,6H2,1-5H3,(H,21,23). The molecule has 140 valence electrons. The number of benzene rings is 2. The Labute approximate surface area is 155 Å². The highest BCUT2D eigenvalue weighted by Gasteiger charge is 2.19. The number of aryl methyl sites for hydroxylation is 2. The number of carbonyl (C=O) groups is 1. The first-order valence-electron chi connectivity index (χ1n) is 8.57. The molecule has 0 aliphatic rings. The number of carbonyl (C=O) groups excluding carboxylic acids is 1. The first-order chi connectivity index (χ1) is 12.0. The van der Waals surface area contributed by atoms with Gasteiger partial charge in [-0.3, -0.25) is 9.52 Å². The molecule has 0 aliphatic carbocycles. The molecule has 2 aromatic carbocycles. The van der Waals surface area contributed by atoms with Gasteiger partial charge in [-0.1, -0.05) is 13.0 Å². The number of rotatable bonds is 6. The van der Waals surface area contributed by atoms with Crippen LogP contribution in [0, 0.1) is 13.8 Å². The van der Waals surface area contributed by atoms with Crippen molar-refractivity contribution in [2.45, 2.75) is 51.5 Å². The highest BCUT2D eigenvalue weighted by Crippen LogP contribution is 2.19. The van der Waals surface area contributed by atoms with Gasteiger partial charge in [0.2, 0.25) is 0 Å². The van der Waals surface area contributed by atoms with E-state index in [1.807, 2.05) is 34.6 Å². The van der Waals surface area contributed by atoms with Crippen LogP contribution in [0.5, 0.6) is 0 Å². The summed E-state index contributed by atoms with van der Waals surface area (Å²) in [7, 11) is -3.67. The predicted octanol–water partition coefficient (Wildman–Crippen LogP) is 4.02. The van der Waals surface area contributed by atoms with Gasteiger partial charge < -0.3 is 5.32 Å². The van der Waals surface area contributed by atoms with Gasteiger partial charge in [0.15, 0.2) is 0 Å². The summed E-state index contributed by atoms with van der Waals surface area (Å²) in [4.78, 5) is 12.5. The maximum absolute atomic E-state index is 12.5. The van der Waals surface area contributed by atoms with Crippen molar-refractivity contribution in [3.8, 4) is 0 Å². The molecule has 0 saturated carbocycles. The Morgan fingerprint density at radius 1 is 1.00 bits per heavy atom. The van der Waals surface area contributed by atoms with Crippen LogP contribution in [0.4, 0.5) is 5.69 Å². The zero-order valence-corrected chi connectivity index (χ0v) is 16.7. The van der Waals surface area contributed by atoms with Crippen molar-refractivity contribution >= 4 is 21.6 Å². The van der Waals surface area contributed by atoms with Crippen molar-refractivity contribution < 1.29 is 13.2 Å². The second-order valence-electron chi connectivity index (χ2n) is 7.12. The van der Waals surface area contributed by atoms with E-state index < -0.39 is 10.0 Å². The minimum absolute atomic E-state index is 0.180. The Hall–Kier alpha value is -2.34. The molecule has 1 amide bonds. The van der Waals surface area contributed by atoms with Crippen molar-refractivity contribution in [3.63, 3.8) is 0 Å². The molecule has 0 unspecified atom stereocenters. The molecule has 0 aromatic heterocycles. The quantitative estimate of drug-likeness (QED) is 0.802. The van der Waals surface area contributed by atoms with Crippen molar-refractivity contribution in [2.75, 3.05) is 4.72 Å². The molecule has 0 heterocycles. The summed E-state index contributed by atoms with van der Waals surface area (Å²) in [6, 6.07) is 11.4. The van der Waals surface area contributed by atoms with E-state index >= 15 is 0 Å². The number of amides is 1. The third kappa shape index (κ3) is 4.85. The normalized spacial score (nSPS) is 11.9. The molecular formula is C20H26N2O3S. The van der Waals surface area contributed by atoms with E-state index in [1.54, 1.807) is 42.5 Å². The average Bonchev–Trinajstić information content (AvgIpc) is 2.57. The second-order valence-corrected chi connectivity index (χ2v) is 8.80. The SMILES string of the molecule is CCC(C)(C)NC(=O)c1ccc(NS(=O)(=O)c2ccc(C)c(C)c2)cc1. The molecule has 0 aliphatic heterocycles. The molecule has 0 saturated heterocycles. The van der Waals surface area contributed by atoms with Gasteiger partial charge in [0.1, 0.15) is 0 Å². The summed E-state index contributed by atoms with van der Waals surface area (Å²) < 4.78 is 27.6. The third-order valence-corrected chi connectivity index (χ3v) is 5.90. The Morgan fingerprint density at radius 3 is 2.15 bits per heavy atom. The summed E-state index contributed by atoms with van der Waals surface area (Å²) in [5.74, 6) is -0.180. The smallest absolute Gasteiger partial charge is 0.261 e. The van der Waals surface area contributed by atoms with Crippen LogP contribution >= 0.6 is 0 Å². The van der Waals surface area contributed by atoms with Gasteiger partial charge in [-0.2, -0.15) is 0 Å². The Bertz CT molecular complexity index is 901. The Morgan fingerprint density at radius 2 is 1.62 bits per heavy atom. The minimum atomic E-state index is -3.67. The van der Waals surface area contributed by atoms with E-state index in [0.29, 0.717) is 11.3 Å². The Balaban J connectivity index is 2.15. The Kier molecular flexibility index (Phi) is 5.76. The molecule has 26 heavy (non-hydrogen) atoms. The first-order valence-corrected chi connectivity index (χ1v) is 10.0. The van der Waals surface area contributed by atoms with Crippen LogP contribution in [0.1, 0.15) is 48.7 Å². The summed E-state index contributed by atoms with van der Waals surface area (Å²) in [5.41, 5.74) is 2.56. The van der Waals surface area contributed by atoms with Gasteiger partial charge in [-0.15, -0.1) is 0 Å². The molecule has 6 heteroatoms. The van der Waals surface area contributed by atoms with Gasteiger partial charge >= 0.3 is 0 Å². The molecule has 0 atom stereocenters. The fourth-order valence-corrected chi connectivity index (χ4v) is 3.40. The lowest BCUT2D eigenvalue weighted by Gasteiger charge is -2.24. The molecule has 0 fully saturated rings. The van der Waals surface area contributed by atoms with Crippen LogP contribution in [-0.2, 0) is 10.0 Å². The molecule has 2 N–H and O–H groups in total. The number of anilines is 1. The van der Waals surface area contributed by atoms with Crippen LogP contribution in [0.2, 0.25) is 0 Å². The van der Waals surface area contributed by atoms with Gasteiger partial charge in [0.25, 0.3) is 15.9 Å². The molecule has 5 nitrogen and oxygen atoms in total. The van der Waals surface area contributed by atoms with Crippen molar-refractivity contribution in [1.82, 2.24) is 5.32 Å². The summed E-state index contributed by atoms with van der Waals surface area (Å²) in [6.45, 7) is 9.72. The van der Waals surface area contributed by atoms with E-state index in [0.717, 1.165) is 17.5 Å². The number of hydrogen-bond acceptors (Lipinski definition) is 3. The molecule has 0 spiro atoms. The number of nitrogens with one attached hydrogen (secondary N) is 2. The highest BCUT2D eigenvalue weighted by molar-refractivity contribution is 7.92. The van der Waals surface area contributed by atoms with Gasteiger partial charge in [-0.05, 0) is 81.6 Å². The zero-order valence-electron chi connectivity index (χ0n) is 15.9. The third-order valence-electron chi connectivity index (χ3n) is 4.52. The molecule has 0 bridgehead atoms. The molecular weight excluding hydrogens is 348 g/mol. The fourth-order valence-electron chi connectivity index (χ4n) is 2.25. The van der Waals surface area contributed by atoms with Gasteiger partial charge in [0, 0.05) is 16.8 Å². The van der Waals surface area contributed by atoms with Crippen LogP contribution in [-0.4, -0.2) is 19.9 Å². The number of sulfonamides is 1. The first kappa shape index (κ1) is 20.0. The predicted molar refractivity (Wildman–Crippen MR) is 105 cm³/mol.